The number of alkyl halides is 2. The molecule has 31 heavy (non-hydrogen) atoms. The Morgan fingerprint density at radius 3 is 2.45 bits per heavy atom. The highest BCUT2D eigenvalue weighted by Gasteiger charge is 2.66. The smallest absolute Gasteiger partial charge is 0.305 e. The molecule has 0 saturated heterocycles. The highest BCUT2D eigenvalue weighted by molar-refractivity contribution is 5.89. The molecule has 4 aliphatic carbocycles. The molecule has 0 radical (unpaired) electrons. The zero-order valence-electron chi connectivity index (χ0n) is 19.2. The van der Waals surface area contributed by atoms with Crippen molar-refractivity contribution in [3.8, 4) is 0 Å². The molecule has 4 rings (SSSR count). The molecular formula is C25H36F2O4. The lowest BCUT2D eigenvalue weighted by Gasteiger charge is -2.60. The predicted octanol–water partition coefficient (Wildman–Crippen LogP) is 5.23. The minimum Gasteiger partial charge on any atom is -0.469 e. The van der Waals surface area contributed by atoms with Crippen molar-refractivity contribution < 1.29 is 27.9 Å². The Morgan fingerprint density at radius 2 is 1.77 bits per heavy atom. The molecule has 0 spiro atoms. The number of halogens is 2. The molecule has 0 aromatic rings. The van der Waals surface area contributed by atoms with Crippen LogP contribution >= 0.6 is 0 Å². The summed E-state index contributed by atoms with van der Waals surface area (Å²) in [7, 11) is 1.41. The summed E-state index contributed by atoms with van der Waals surface area (Å²) < 4.78 is 33.8. The Bertz CT molecular complexity index is 779. The van der Waals surface area contributed by atoms with E-state index in [-0.39, 0.29) is 53.7 Å². The summed E-state index contributed by atoms with van der Waals surface area (Å²) in [5.41, 5.74) is -0.644. The number of rotatable bonds is 4. The van der Waals surface area contributed by atoms with Gasteiger partial charge in [-0.3, -0.25) is 14.4 Å². The van der Waals surface area contributed by atoms with E-state index in [0.29, 0.717) is 18.3 Å². The summed E-state index contributed by atoms with van der Waals surface area (Å²) >= 11 is 0. The fourth-order valence-electron chi connectivity index (χ4n) is 8.40. The van der Waals surface area contributed by atoms with Gasteiger partial charge in [-0.25, -0.2) is 0 Å². The minimum absolute atomic E-state index is 0.00254. The van der Waals surface area contributed by atoms with Gasteiger partial charge in [0, 0.05) is 31.6 Å². The Labute approximate surface area is 183 Å². The van der Waals surface area contributed by atoms with Crippen LogP contribution in [-0.4, -0.2) is 30.6 Å². The molecule has 4 fully saturated rings. The molecule has 174 valence electrons. The van der Waals surface area contributed by atoms with Crippen LogP contribution in [0.3, 0.4) is 0 Å². The number of methoxy groups -OCH3 is 1. The number of carbonyl (C=O) groups excluding carboxylic acids is 3. The van der Waals surface area contributed by atoms with Crippen LogP contribution < -0.4 is 0 Å². The number of ether oxygens (including phenoxy) is 1. The Morgan fingerprint density at radius 1 is 1.10 bits per heavy atom. The molecule has 0 aromatic carbocycles. The SMILES string of the molecule is COC(=O)CC[C@@H](C)C1CCC2C3C(=O)CC4CC(=O)C(F)(F)CC4(C)C3CCC21C. The zero-order valence-corrected chi connectivity index (χ0v) is 19.2. The lowest BCUT2D eigenvalue weighted by molar-refractivity contribution is -0.186. The number of esters is 1. The summed E-state index contributed by atoms with van der Waals surface area (Å²) in [6.45, 7) is 6.41. The number of hydrogen-bond acceptors (Lipinski definition) is 4. The van der Waals surface area contributed by atoms with Gasteiger partial charge < -0.3 is 4.74 Å². The fourth-order valence-corrected chi connectivity index (χ4v) is 8.40. The quantitative estimate of drug-likeness (QED) is 0.564. The largest absolute Gasteiger partial charge is 0.469 e. The van der Waals surface area contributed by atoms with Gasteiger partial charge >= 0.3 is 11.9 Å². The van der Waals surface area contributed by atoms with Gasteiger partial charge in [0.2, 0.25) is 5.78 Å². The van der Waals surface area contributed by atoms with Crippen molar-refractivity contribution in [2.75, 3.05) is 7.11 Å². The van der Waals surface area contributed by atoms with Gasteiger partial charge in [-0.1, -0.05) is 20.8 Å². The topological polar surface area (TPSA) is 60.4 Å². The molecule has 4 saturated carbocycles. The van der Waals surface area contributed by atoms with E-state index in [1.54, 1.807) is 0 Å². The first-order chi connectivity index (χ1) is 14.4. The molecule has 0 aromatic heterocycles. The molecule has 0 bridgehead atoms. The van der Waals surface area contributed by atoms with Gasteiger partial charge in [-0.15, -0.1) is 0 Å². The summed E-state index contributed by atoms with van der Waals surface area (Å²) in [6, 6.07) is 0. The zero-order chi connectivity index (χ0) is 22.8. The molecule has 0 amide bonds. The summed E-state index contributed by atoms with van der Waals surface area (Å²) in [6.07, 6.45) is 4.57. The van der Waals surface area contributed by atoms with Crippen LogP contribution in [-0.2, 0) is 19.1 Å². The van der Waals surface area contributed by atoms with E-state index in [0.717, 1.165) is 32.1 Å². The number of ketones is 2. The molecule has 7 unspecified atom stereocenters. The lowest BCUT2D eigenvalue weighted by Crippen LogP contribution is -2.60. The third-order valence-electron chi connectivity index (χ3n) is 10.1. The van der Waals surface area contributed by atoms with Gasteiger partial charge in [-0.05, 0) is 72.5 Å². The van der Waals surface area contributed by atoms with Gasteiger partial charge in [-0.2, -0.15) is 8.78 Å². The van der Waals surface area contributed by atoms with Crippen LogP contribution in [0.25, 0.3) is 0 Å². The standard InChI is InChI=1S/C25H36F2O4/c1-14(5-8-21(30)31-4)16-6-7-17-22-18(9-10-23(16,17)2)24(3)13-25(26,27)20(29)12-15(24)11-19(22)28/h14-18,22H,5-13H2,1-4H3/t14-,15?,16?,17?,18?,22?,23?,24?/m1/s1. The molecule has 8 atom stereocenters. The van der Waals surface area contributed by atoms with Crippen molar-refractivity contribution >= 4 is 17.5 Å². The average Bonchev–Trinajstić information content (AvgIpc) is 3.05. The van der Waals surface area contributed by atoms with Crippen molar-refractivity contribution in [3.63, 3.8) is 0 Å². The van der Waals surface area contributed by atoms with Crippen molar-refractivity contribution in [1.82, 2.24) is 0 Å². The van der Waals surface area contributed by atoms with Crippen LogP contribution in [0, 0.1) is 46.3 Å². The molecule has 0 aliphatic heterocycles. The molecule has 4 nitrogen and oxygen atoms in total. The van der Waals surface area contributed by atoms with E-state index in [9.17, 15) is 23.2 Å². The van der Waals surface area contributed by atoms with E-state index in [1.807, 2.05) is 6.92 Å². The number of carbonyl (C=O) groups is 3. The van der Waals surface area contributed by atoms with Crippen LogP contribution in [0.1, 0.15) is 78.6 Å². The first-order valence-electron chi connectivity index (χ1n) is 11.9. The Balaban J connectivity index is 1.57. The van der Waals surface area contributed by atoms with E-state index >= 15 is 0 Å². The van der Waals surface area contributed by atoms with Crippen molar-refractivity contribution in [3.05, 3.63) is 0 Å². The third-order valence-corrected chi connectivity index (χ3v) is 10.1. The molecule has 6 heteroatoms. The summed E-state index contributed by atoms with van der Waals surface area (Å²) in [5, 5.41) is 0. The maximum absolute atomic E-state index is 14.5. The van der Waals surface area contributed by atoms with Crippen LogP contribution in [0.2, 0.25) is 0 Å². The van der Waals surface area contributed by atoms with Crippen LogP contribution in [0.15, 0.2) is 0 Å². The molecular weight excluding hydrogens is 402 g/mol. The fraction of sp³-hybridized carbons (Fsp3) is 0.880. The maximum atomic E-state index is 14.5. The van der Waals surface area contributed by atoms with Gasteiger partial charge in [0.25, 0.3) is 0 Å². The maximum Gasteiger partial charge on any atom is 0.305 e. The molecule has 0 heterocycles. The predicted molar refractivity (Wildman–Crippen MR) is 111 cm³/mol. The summed E-state index contributed by atoms with van der Waals surface area (Å²) in [4.78, 5) is 36.9. The van der Waals surface area contributed by atoms with Crippen molar-refractivity contribution in [2.45, 2.75) is 84.5 Å². The van der Waals surface area contributed by atoms with Gasteiger partial charge in [0.05, 0.1) is 7.11 Å². The second-order valence-electron chi connectivity index (χ2n) is 11.4. The van der Waals surface area contributed by atoms with E-state index in [1.165, 1.54) is 7.11 Å². The summed E-state index contributed by atoms with van der Waals surface area (Å²) in [5.74, 6) is -3.71. The second-order valence-corrected chi connectivity index (χ2v) is 11.4. The lowest BCUT2D eigenvalue weighted by atomic mass is 9.44. The number of fused-ring (bicyclic) bond motifs is 5. The molecule has 0 N–H and O–H groups in total. The minimum atomic E-state index is -3.27. The highest BCUT2D eigenvalue weighted by Crippen LogP contribution is 2.68. The van der Waals surface area contributed by atoms with Gasteiger partial charge in [0.1, 0.15) is 5.78 Å². The van der Waals surface area contributed by atoms with Crippen LogP contribution in [0.4, 0.5) is 8.78 Å². The average molecular weight is 439 g/mol. The third kappa shape index (κ3) is 3.47. The Hall–Kier alpha value is -1.33. The highest BCUT2D eigenvalue weighted by atomic mass is 19.3. The monoisotopic (exact) mass is 438 g/mol. The molecule has 4 aliphatic rings. The normalized spacial score (nSPS) is 44.8. The van der Waals surface area contributed by atoms with Gasteiger partial charge in [0.15, 0.2) is 0 Å². The second kappa shape index (κ2) is 7.62. The Kier molecular flexibility index (Phi) is 5.62. The number of hydrogen-bond donors (Lipinski definition) is 0. The van der Waals surface area contributed by atoms with Crippen molar-refractivity contribution in [1.29, 1.82) is 0 Å². The number of Topliss-reactive ketones (excluding diaryl/α,β-unsaturated/α-hetero) is 2. The van der Waals surface area contributed by atoms with E-state index in [2.05, 4.69) is 13.8 Å². The first-order valence-corrected chi connectivity index (χ1v) is 11.9. The van der Waals surface area contributed by atoms with E-state index < -0.39 is 23.5 Å². The van der Waals surface area contributed by atoms with E-state index in [4.69, 9.17) is 4.74 Å². The van der Waals surface area contributed by atoms with Crippen molar-refractivity contribution in [2.24, 2.45) is 46.3 Å². The first kappa shape index (κ1) is 22.8. The van der Waals surface area contributed by atoms with Crippen LogP contribution in [0.5, 0.6) is 0 Å².